The quantitative estimate of drug-likeness (QED) is 0.800. The molecular formula is C21H31N5. The second kappa shape index (κ2) is 7.89. The Kier molecular flexibility index (Phi) is 5.36. The Morgan fingerprint density at radius 1 is 1.08 bits per heavy atom. The lowest BCUT2D eigenvalue weighted by Crippen LogP contribution is -2.43. The fourth-order valence-electron chi connectivity index (χ4n) is 4.64. The largest absolute Gasteiger partial charge is 0.297 e. The van der Waals surface area contributed by atoms with Gasteiger partial charge in [-0.3, -0.25) is 19.5 Å². The highest BCUT2D eigenvalue weighted by molar-refractivity contribution is 5.17. The van der Waals surface area contributed by atoms with Crippen molar-refractivity contribution in [1.29, 1.82) is 0 Å². The van der Waals surface area contributed by atoms with Crippen LogP contribution in [0.25, 0.3) is 0 Å². The molecule has 3 aliphatic rings. The number of aromatic nitrogens is 3. The molecule has 0 aromatic carbocycles. The van der Waals surface area contributed by atoms with E-state index in [1.165, 1.54) is 49.3 Å². The number of piperidine rings is 1. The third-order valence-electron chi connectivity index (χ3n) is 6.07. The Hall–Kier alpha value is -1.72. The number of hydrogen-bond donors (Lipinski definition) is 0. The molecule has 0 unspecified atom stereocenters. The van der Waals surface area contributed by atoms with E-state index in [4.69, 9.17) is 0 Å². The molecule has 0 spiro atoms. The van der Waals surface area contributed by atoms with E-state index in [-0.39, 0.29) is 0 Å². The predicted octanol–water partition coefficient (Wildman–Crippen LogP) is 3.09. The molecular weight excluding hydrogens is 322 g/mol. The SMILES string of the molecule is CCCn1ncc(CN2C[C@H]3CC[C@@H]2CN(Cc2ccncc2)C3)c1C. The second-order valence-electron chi connectivity index (χ2n) is 8.05. The van der Waals surface area contributed by atoms with Crippen molar-refractivity contribution >= 4 is 0 Å². The van der Waals surface area contributed by atoms with Crippen LogP contribution in [0.2, 0.25) is 0 Å². The van der Waals surface area contributed by atoms with Crippen LogP contribution in [0.15, 0.2) is 30.7 Å². The molecule has 2 bridgehead atoms. The van der Waals surface area contributed by atoms with Gasteiger partial charge in [0.15, 0.2) is 0 Å². The first kappa shape index (κ1) is 17.7. The van der Waals surface area contributed by atoms with Gasteiger partial charge in [-0.15, -0.1) is 0 Å². The molecule has 0 radical (unpaired) electrons. The Morgan fingerprint density at radius 3 is 2.73 bits per heavy atom. The summed E-state index contributed by atoms with van der Waals surface area (Å²) in [5.74, 6) is 0.793. The van der Waals surface area contributed by atoms with Gasteiger partial charge < -0.3 is 0 Å². The molecule has 26 heavy (non-hydrogen) atoms. The monoisotopic (exact) mass is 353 g/mol. The van der Waals surface area contributed by atoms with E-state index >= 15 is 0 Å². The molecule has 5 heteroatoms. The van der Waals surface area contributed by atoms with Crippen molar-refractivity contribution in [3.05, 3.63) is 47.5 Å². The number of aryl methyl sites for hydroxylation is 1. The fraction of sp³-hybridized carbons (Fsp3) is 0.619. The Labute approximate surface area is 157 Å². The maximum absolute atomic E-state index is 4.60. The van der Waals surface area contributed by atoms with Crippen LogP contribution < -0.4 is 0 Å². The first-order valence-electron chi connectivity index (χ1n) is 10.1. The molecule has 0 aliphatic carbocycles. The van der Waals surface area contributed by atoms with Gasteiger partial charge in [-0.1, -0.05) is 6.92 Å². The average Bonchev–Trinajstić information content (AvgIpc) is 2.82. The second-order valence-corrected chi connectivity index (χ2v) is 8.05. The number of pyridine rings is 1. The summed E-state index contributed by atoms with van der Waals surface area (Å²) in [5, 5.41) is 4.60. The summed E-state index contributed by atoms with van der Waals surface area (Å²) in [6.07, 6.45) is 9.76. The molecule has 2 aromatic rings. The third kappa shape index (κ3) is 3.84. The molecule has 0 amide bonds. The molecule has 5 rings (SSSR count). The highest BCUT2D eigenvalue weighted by atomic mass is 15.3. The van der Waals surface area contributed by atoms with E-state index in [0.717, 1.165) is 32.0 Å². The van der Waals surface area contributed by atoms with Crippen molar-refractivity contribution < 1.29 is 0 Å². The van der Waals surface area contributed by atoms with E-state index in [1.807, 2.05) is 12.4 Å². The van der Waals surface area contributed by atoms with Gasteiger partial charge in [0.1, 0.15) is 0 Å². The molecule has 3 fully saturated rings. The summed E-state index contributed by atoms with van der Waals surface area (Å²) in [6.45, 7) is 11.2. The van der Waals surface area contributed by atoms with Gasteiger partial charge in [-0.2, -0.15) is 5.10 Å². The van der Waals surface area contributed by atoms with Crippen molar-refractivity contribution in [3.8, 4) is 0 Å². The fourth-order valence-corrected chi connectivity index (χ4v) is 4.64. The molecule has 0 saturated carbocycles. The molecule has 3 aliphatic heterocycles. The van der Waals surface area contributed by atoms with Gasteiger partial charge in [0.25, 0.3) is 0 Å². The lowest BCUT2D eigenvalue weighted by Gasteiger charge is -2.36. The zero-order valence-electron chi connectivity index (χ0n) is 16.1. The Bertz CT molecular complexity index is 710. The lowest BCUT2D eigenvalue weighted by molar-refractivity contribution is 0.123. The molecule has 2 atom stereocenters. The zero-order valence-corrected chi connectivity index (χ0v) is 16.1. The van der Waals surface area contributed by atoms with Crippen molar-refractivity contribution in [3.63, 3.8) is 0 Å². The smallest absolute Gasteiger partial charge is 0.0537 e. The Balaban J connectivity index is 1.43. The van der Waals surface area contributed by atoms with Crippen molar-refractivity contribution in [2.24, 2.45) is 5.92 Å². The highest BCUT2D eigenvalue weighted by Crippen LogP contribution is 2.30. The van der Waals surface area contributed by atoms with Crippen LogP contribution >= 0.6 is 0 Å². The van der Waals surface area contributed by atoms with Crippen molar-refractivity contribution in [2.75, 3.05) is 19.6 Å². The van der Waals surface area contributed by atoms with Crippen LogP contribution in [0.4, 0.5) is 0 Å². The van der Waals surface area contributed by atoms with E-state index in [1.54, 1.807) is 0 Å². The molecule has 3 saturated heterocycles. The molecule has 0 N–H and O–H groups in total. The minimum Gasteiger partial charge on any atom is -0.297 e. The summed E-state index contributed by atoms with van der Waals surface area (Å²) < 4.78 is 2.17. The van der Waals surface area contributed by atoms with Crippen LogP contribution in [0.1, 0.15) is 43.0 Å². The summed E-state index contributed by atoms with van der Waals surface area (Å²) >= 11 is 0. The van der Waals surface area contributed by atoms with Gasteiger partial charge in [0.2, 0.25) is 0 Å². The first-order valence-corrected chi connectivity index (χ1v) is 10.1. The minimum atomic E-state index is 0.671. The zero-order chi connectivity index (χ0) is 17.9. The van der Waals surface area contributed by atoms with Gasteiger partial charge in [-0.25, -0.2) is 0 Å². The minimum absolute atomic E-state index is 0.671. The average molecular weight is 354 g/mol. The summed E-state index contributed by atoms with van der Waals surface area (Å²) in [7, 11) is 0. The first-order chi connectivity index (χ1) is 12.7. The van der Waals surface area contributed by atoms with E-state index in [0.29, 0.717) is 6.04 Å². The topological polar surface area (TPSA) is 37.2 Å². The lowest BCUT2D eigenvalue weighted by atomic mass is 9.94. The van der Waals surface area contributed by atoms with Crippen LogP contribution in [0.3, 0.4) is 0 Å². The van der Waals surface area contributed by atoms with Gasteiger partial charge in [0, 0.05) is 69.0 Å². The third-order valence-corrected chi connectivity index (χ3v) is 6.07. The van der Waals surface area contributed by atoms with Gasteiger partial charge in [-0.05, 0) is 49.8 Å². The number of hydrogen-bond acceptors (Lipinski definition) is 4. The van der Waals surface area contributed by atoms with Crippen molar-refractivity contribution in [1.82, 2.24) is 24.6 Å². The number of nitrogens with zero attached hydrogens (tertiary/aromatic N) is 5. The summed E-state index contributed by atoms with van der Waals surface area (Å²) in [6, 6.07) is 4.97. The number of rotatable bonds is 6. The maximum atomic E-state index is 4.60. The molecule has 2 aromatic heterocycles. The maximum Gasteiger partial charge on any atom is 0.0537 e. The van der Waals surface area contributed by atoms with E-state index < -0.39 is 0 Å². The standard InChI is InChI=1S/C21H31N5/c1-3-10-26-17(2)20(11-23-26)15-25-14-19-4-5-21(25)16-24(13-19)12-18-6-8-22-9-7-18/h6-9,11,19,21H,3-5,10,12-16H2,1-2H3/t19-,21+/m0/s1. The van der Waals surface area contributed by atoms with E-state index in [2.05, 4.69) is 56.7 Å². The molecule has 140 valence electrons. The summed E-state index contributed by atoms with van der Waals surface area (Å²) in [4.78, 5) is 9.53. The normalized spacial score (nSPS) is 24.1. The molecule has 5 heterocycles. The molecule has 5 nitrogen and oxygen atoms in total. The van der Waals surface area contributed by atoms with Crippen LogP contribution in [-0.2, 0) is 19.6 Å². The van der Waals surface area contributed by atoms with Crippen LogP contribution in [-0.4, -0.2) is 50.2 Å². The van der Waals surface area contributed by atoms with Gasteiger partial charge >= 0.3 is 0 Å². The van der Waals surface area contributed by atoms with Gasteiger partial charge in [0.05, 0.1) is 6.20 Å². The Morgan fingerprint density at radius 2 is 1.92 bits per heavy atom. The highest BCUT2D eigenvalue weighted by Gasteiger charge is 2.35. The van der Waals surface area contributed by atoms with Crippen LogP contribution in [0, 0.1) is 12.8 Å². The number of fused-ring (bicyclic) bond motifs is 4. The summed E-state index contributed by atoms with van der Waals surface area (Å²) in [5.41, 5.74) is 4.14. The van der Waals surface area contributed by atoms with E-state index in [9.17, 15) is 0 Å². The van der Waals surface area contributed by atoms with Crippen molar-refractivity contribution in [2.45, 2.75) is 58.8 Å². The van der Waals surface area contributed by atoms with Crippen LogP contribution in [0.5, 0.6) is 0 Å². The predicted molar refractivity (Wildman–Crippen MR) is 104 cm³/mol.